The molecule has 0 bridgehead atoms. The normalized spacial score (nSPS) is 10.4. The van der Waals surface area contributed by atoms with Crippen LogP contribution in [0.2, 0.25) is 0 Å². The molecule has 0 aliphatic carbocycles. The zero-order valence-corrected chi connectivity index (χ0v) is 11.3. The number of aryl methyl sites for hydroxylation is 1. The van der Waals surface area contributed by atoms with Gasteiger partial charge in [0.25, 0.3) is 0 Å². The summed E-state index contributed by atoms with van der Waals surface area (Å²) in [6.07, 6.45) is 0. The Kier molecular flexibility index (Phi) is 3.81. The number of hydrogen-bond acceptors (Lipinski definition) is 3. The minimum Gasteiger partial charge on any atom is -0.507 e. The first-order chi connectivity index (χ1) is 8.54. The van der Waals surface area contributed by atoms with E-state index in [2.05, 4.69) is 26.2 Å². The SMILES string of the molecule is Cc1cc(NCc2ccc(F)cc2O)cc(Br)n1. The summed E-state index contributed by atoms with van der Waals surface area (Å²) in [6, 6.07) is 7.72. The van der Waals surface area contributed by atoms with Gasteiger partial charge in [-0.1, -0.05) is 6.07 Å². The van der Waals surface area contributed by atoms with Gasteiger partial charge < -0.3 is 10.4 Å². The van der Waals surface area contributed by atoms with Gasteiger partial charge in [0.05, 0.1) is 0 Å². The van der Waals surface area contributed by atoms with E-state index in [0.29, 0.717) is 12.1 Å². The largest absolute Gasteiger partial charge is 0.507 e. The molecule has 94 valence electrons. The van der Waals surface area contributed by atoms with Crippen molar-refractivity contribution in [3.63, 3.8) is 0 Å². The third-order valence-electron chi connectivity index (χ3n) is 2.45. The molecular weight excluding hydrogens is 299 g/mol. The Hall–Kier alpha value is -1.62. The van der Waals surface area contributed by atoms with Crippen molar-refractivity contribution in [2.45, 2.75) is 13.5 Å². The highest BCUT2D eigenvalue weighted by atomic mass is 79.9. The molecule has 2 N–H and O–H groups in total. The molecule has 0 amide bonds. The maximum Gasteiger partial charge on any atom is 0.126 e. The van der Waals surface area contributed by atoms with E-state index < -0.39 is 5.82 Å². The summed E-state index contributed by atoms with van der Waals surface area (Å²) in [5.74, 6) is -0.494. The number of hydrogen-bond donors (Lipinski definition) is 2. The molecule has 0 atom stereocenters. The summed E-state index contributed by atoms with van der Waals surface area (Å²) in [5.41, 5.74) is 2.41. The summed E-state index contributed by atoms with van der Waals surface area (Å²) in [6.45, 7) is 2.31. The van der Waals surface area contributed by atoms with Crippen LogP contribution in [0.3, 0.4) is 0 Å². The van der Waals surface area contributed by atoms with Crippen molar-refractivity contribution >= 4 is 21.6 Å². The minimum atomic E-state index is -0.446. The Morgan fingerprint density at radius 3 is 2.78 bits per heavy atom. The van der Waals surface area contributed by atoms with Crippen LogP contribution in [0.4, 0.5) is 10.1 Å². The fourth-order valence-corrected chi connectivity index (χ4v) is 2.14. The van der Waals surface area contributed by atoms with Gasteiger partial charge in [-0.3, -0.25) is 0 Å². The first-order valence-electron chi connectivity index (χ1n) is 5.40. The lowest BCUT2D eigenvalue weighted by Crippen LogP contribution is -2.01. The second-order valence-corrected chi connectivity index (χ2v) is 4.76. The van der Waals surface area contributed by atoms with Gasteiger partial charge in [0.2, 0.25) is 0 Å². The summed E-state index contributed by atoms with van der Waals surface area (Å²) >= 11 is 3.31. The van der Waals surface area contributed by atoms with E-state index in [1.165, 1.54) is 6.07 Å². The van der Waals surface area contributed by atoms with E-state index in [0.717, 1.165) is 22.1 Å². The fourth-order valence-electron chi connectivity index (χ4n) is 1.61. The Labute approximate surface area is 113 Å². The van der Waals surface area contributed by atoms with Crippen LogP contribution < -0.4 is 5.32 Å². The molecule has 0 radical (unpaired) electrons. The topological polar surface area (TPSA) is 45.1 Å². The molecule has 1 aromatic heterocycles. The van der Waals surface area contributed by atoms with Crippen molar-refractivity contribution in [2.75, 3.05) is 5.32 Å². The van der Waals surface area contributed by atoms with Gasteiger partial charge in [-0.25, -0.2) is 9.37 Å². The van der Waals surface area contributed by atoms with Crippen LogP contribution in [0, 0.1) is 12.7 Å². The summed E-state index contributed by atoms with van der Waals surface area (Å²) in [5, 5.41) is 12.7. The number of halogens is 2. The number of phenolic OH excluding ortho intramolecular Hbond substituents is 1. The Bertz CT molecular complexity index is 555. The molecular formula is C13H12BrFN2O. The Morgan fingerprint density at radius 2 is 2.11 bits per heavy atom. The third kappa shape index (κ3) is 3.20. The second kappa shape index (κ2) is 5.35. The van der Waals surface area contributed by atoms with Gasteiger partial charge in [0, 0.05) is 29.6 Å². The molecule has 0 unspecified atom stereocenters. The number of benzene rings is 1. The lowest BCUT2D eigenvalue weighted by atomic mass is 10.2. The van der Waals surface area contributed by atoms with Gasteiger partial charge in [0.15, 0.2) is 0 Å². The van der Waals surface area contributed by atoms with Crippen molar-refractivity contribution < 1.29 is 9.50 Å². The van der Waals surface area contributed by atoms with Crippen LogP contribution in [0.5, 0.6) is 5.75 Å². The highest BCUT2D eigenvalue weighted by Crippen LogP contribution is 2.21. The van der Waals surface area contributed by atoms with Gasteiger partial charge in [-0.2, -0.15) is 0 Å². The predicted molar refractivity (Wildman–Crippen MR) is 72.1 cm³/mol. The molecule has 5 heteroatoms. The number of rotatable bonds is 3. The van der Waals surface area contributed by atoms with Gasteiger partial charge >= 0.3 is 0 Å². The van der Waals surface area contributed by atoms with Crippen LogP contribution in [-0.2, 0) is 6.54 Å². The maximum atomic E-state index is 12.8. The minimum absolute atomic E-state index is 0.0488. The molecule has 0 fully saturated rings. The molecule has 0 aliphatic rings. The molecule has 0 spiro atoms. The maximum absolute atomic E-state index is 12.8. The van der Waals surface area contributed by atoms with Crippen molar-refractivity contribution in [3.05, 3.63) is 52.0 Å². The fraction of sp³-hybridized carbons (Fsp3) is 0.154. The predicted octanol–water partition coefficient (Wildman–Crippen LogP) is 3.61. The molecule has 0 saturated heterocycles. The van der Waals surface area contributed by atoms with Gasteiger partial charge in [-0.15, -0.1) is 0 Å². The number of phenols is 1. The number of anilines is 1. The molecule has 0 aliphatic heterocycles. The lowest BCUT2D eigenvalue weighted by Gasteiger charge is -2.09. The molecule has 1 aromatic carbocycles. The van der Waals surface area contributed by atoms with E-state index in [1.54, 1.807) is 6.07 Å². The first-order valence-corrected chi connectivity index (χ1v) is 6.19. The quantitative estimate of drug-likeness (QED) is 0.851. The van der Waals surface area contributed by atoms with Crippen molar-refractivity contribution in [3.8, 4) is 5.75 Å². The highest BCUT2D eigenvalue weighted by molar-refractivity contribution is 9.10. The van der Waals surface area contributed by atoms with Crippen molar-refractivity contribution in [2.24, 2.45) is 0 Å². The molecule has 0 saturated carbocycles. The molecule has 1 heterocycles. The Balaban J connectivity index is 2.11. The Morgan fingerprint density at radius 1 is 1.33 bits per heavy atom. The monoisotopic (exact) mass is 310 g/mol. The van der Waals surface area contributed by atoms with Crippen LogP contribution in [0.25, 0.3) is 0 Å². The van der Waals surface area contributed by atoms with E-state index in [1.807, 2.05) is 19.1 Å². The van der Waals surface area contributed by atoms with Crippen LogP contribution >= 0.6 is 15.9 Å². The summed E-state index contributed by atoms with van der Waals surface area (Å²) in [4.78, 5) is 4.20. The number of aromatic hydroxyl groups is 1. The van der Waals surface area contributed by atoms with E-state index in [9.17, 15) is 9.50 Å². The number of pyridine rings is 1. The van der Waals surface area contributed by atoms with Gasteiger partial charge in [-0.05, 0) is 41.1 Å². The van der Waals surface area contributed by atoms with Gasteiger partial charge in [0.1, 0.15) is 16.2 Å². The number of nitrogens with one attached hydrogen (secondary N) is 1. The lowest BCUT2D eigenvalue weighted by molar-refractivity contribution is 0.463. The van der Waals surface area contributed by atoms with Crippen molar-refractivity contribution in [1.82, 2.24) is 4.98 Å². The van der Waals surface area contributed by atoms with Crippen LogP contribution in [0.15, 0.2) is 34.9 Å². The molecule has 18 heavy (non-hydrogen) atoms. The first kappa shape index (κ1) is 12.8. The standard InChI is InChI=1S/C13H12BrFN2O/c1-8-4-11(6-13(14)17-8)16-7-9-2-3-10(15)5-12(9)18/h2-6,18H,7H2,1H3,(H,16,17). The second-order valence-electron chi connectivity index (χ2n) is 3.95. The zero-order valence-electron chi connectivity index (χ0n) is 9.74. The van der Waals surface area contributed by atoms with Crippen molar-refractivity contribution in [1.29, 1.82) is 0 Å². The van der Waals surface area contributed by atoms with E-state index in [-0.39, 0.29) is 5.75 Å². The third-order valence-corrected chi connectivity index (χ3v) is 2.86. The smallest absolute Gasteiger partial charge is 0.126 e. The highest BCUT2D eigenvalue weighted by Gasteiger charge is 2.03. The summed E-state index contributed by atoms with van der Waals surface area (Å²) in [7, 11) is 0. The average Bonchev–Trinajstić information content (AvgIpc) is 2.26. The van der Waals surface area contributed by atoms with E-state index >= 15 is 0 Å². The van der Waals surface area contributed by atoms with E-state index in [4.69, 9.17) is 0 Å². The molecule has 2 aromatic rings. The molecule has 3 nitrogen and oxygen atoms in total. The summed E-state index contributed by atoms with van der Waals surface area (Å²) < 4.78 is 13.6. The molecule has 2 rings (SSSR count). The van der Waals surface area contributed by atoms with Crippen LogP contribution in [0.1, 0.15) is 11.3 Å². The average molecular weight is 311 g/mol. The zero-order chi connectivity index (χ0) is 13.1. The number of aromatic nitrogens is 1. The number of nitrogens with zero attached hydrogens (tertiary/aromatic N) is 1. The van der Waals surface area contributed by atoms with Crippen LogP contribution in [-0.4, -0.2) is 10.1 Å².